The lowest BCUT2D eigenvalue weighted by molar-refractivity contribution is 0.332. The van der Waals surface area contributed by atoms with Gasteiger partial charge in [0.2, 0.25) is 0 Å². The summed E-state index contributed by atoms with van der Waals surface area (Å²) in [6.07, 6.45) is 2.52. The molecule has 1 atom stereocenters. The average molecular weight is 203 g/mol. The normalized spacial score (nSPS) is 24.3. The second-order valence-electron chi connectivity index (χ2n) is 5.26. The minimum atomic E-state index is 0.308. The second-order valence-corrected chi connectivity index (χ2v) is 5.26. The van der Waals surface area contributed by atoms with Crippen molar-refractivity contribution < 1.29 is 0 Å². The summed E-state index contributed by atoms with van der Waals surface area (Å²) < 4.78 is 0. The van der Waals surface area contributed by atoms with Crippen molar-refractivity contribution in [2.24, 2.45) is 5.92 Å². The van der Waals surface area contributed by atoms with Crippen molar-refractivity contribution in [3.63, 3.8) is 0 Å². The van der Waals surface area contributed by atoms with E-state index in [9.17, 15) is 0 Å². The molecule has 1 fully saturated rings. The van der Waals surface area contributed by atoms with E-state index in [1.165, 1.54) is 30.5 Å². The smallest absolute Gasteiger partial charge is 0.0156 e. The largest absolute Gasteiger partial charge is 0.311 e. The van der Waals surface area contributed by atoms with Gasteiger partial charge in [-0.3, -0.25) is 0 Å². The Bertz CT molecular complexity index is 341. The highest BCUT2D eigenvalue weighted by molar-refractivity contribution is 5.26. The molecule has 1 aromatic rings. The monoisotopic (exact) mass is 203 g/mol. The molecule has 0 aromatic heterocycles. The molecule has 0 radical (unpaired) electrons. The van der Waals surface area contributed by atoms with Crippen LogP contribution in [0.15, 0.2) is 24.3 Å². The molecular weight excluding hydrogens is 182 g/mol. The number of rotatable bonds is 2. The van der Waals surface area contributed by atoms with E-state index in [0.29, 0.717) is 5.54 Å². The highest BCUT2D eigenvalue weighted by atomic mass is 15.0. The maximum atomic E-state index is 3.59. The van der Waals surface area contributed by atoms with E-state index in [1.54, 1.807) is 0 Å². The van der Waals surface area contributed by atoms with E-state index < -0.39 is 0 Å². The Morgan fingerprint density at radius 2 is 2.07 bits per heavy atom. The molecule has 0 amide bonds. The molecule has 1 unspecified atom stereocenters. The van der Waals surface area contributed by atoms with Gasteiger partial charge >= 0.3 is 0 Å². The van der Waals surface area contributed by atoms with E-state index >= 15 is 0 Å². The lowest BCUT2D eigenvalue weighted by Gasteiger charge is -2.27. The molecule has 15 heavy (non-hydrogen) atoms. The molecule has 1 N–H and O–H groups in total. The fourth-order valence-electron chi connectivity index (χ4n) is 2.54. The van der Waals surface area contributed by atoms with Gasteiger partial charge in [-0.25, -0.2) is 0 Å². The zero-order valence-corrected chi connectivity index (χ0v) is 10.0. The molecule has 1 heterocycles. The number of benzene rings is 1. The zero-order chi connectivity index (χ0) is 10.9. The lowest BCUT2D eigenvalue weighted by Crippen LogP contribution is -2.38. The molecule has 1 nitrogen and oxygen atoms in total. The highest BCUT2D eigenvalue weighted by Crippen LogP contribution is 2.29. The van der Waals surface area contributed by atoms with Crippen LogP contribution in [0, 0.1) is 12.8 Å². The predicted molar refractivity (Wildman–Crippen MR) is 65.1 cm³/mol. The van der Waals surface area contributed by atoms with Crippen LogP contribution >= 0.6 is 0 Å². The minimum Gasteiger partial charge on any atom is -0.311 e. The number of hydrogen-bond acceptors (Lipinski definition) is 1. The summed E-state index contributed by atoms with van der Waals surface area (Å²) in [4.78, 5) is 0. The highest BCUT2D eigenvalue weighted by Gasteiger charge is 2.33. The van der Waals surface area contributed by atoms with Gasteiger partial charge in [0, 0.05) is 5.54 Å². The van der Waals surface area contributed by atoms with E-state index in [4.69, 9.17) is 0 Å². The van der Waals surface area contributed by atoms with Crippen LogP contribution in [0.4, 0.5) is 0 Å². The summed E-state index contributed by atoms with van der Waals surface area (Å²) in [7, 11) is 0. The summed E-state index contributed by atoms with van der Waals surface area (Å²) in [5.41, 5.74) is 3.25. The third-order valence-electron chi connectivity index (χ3n) is 3.82. The lowest BCUT2D eigenvalue weighted by atomic mass is 9.83. The molecule has 0 spiro atoms. The van der Waals surface area contributed by atoms with E-state index in [0.717, 1.165) is 5.92 Å². The maximum Gasteiger partial charge on any atom is 0.0156 e. The Balaban J connectivity index is 2.12. The van der Waals surface area contributed by atoms with Crippen molar-refractivity contribution in [2.75, 3.05) is 6.54 Å². The van der Waals surface area contributed by atoms with Gasteiger partial charge in [0.1, 0.15) is 0 Å². The number of hydrogen-bond donors (Lipinski definition) is 1. The predicted octanol–water partition coefficient (Wildman–Crippen LogP) is 2.93. The molecule has 0 saturated carbocycles. The third-order valence-corrected chi connectivity index (χ3v) is 3.82. The van der Waals surface area contributed by atoms with Gasteiger partial charge in [-0.15, -0.1) is 0 Å². The molecule has 0 aliphatic carbocycles. The molecular formula is C14H21N. The minimum absolute atomic E-state index is 0.308. The molecule has 1 heteroatoms. The first kappa shape index (κ1) is 10.7. The van der Waals surface area contributed by atoms with Crippen LogP contribution in [0.2, 0.25) is 0 Å². The topological polar surface area (TPSA) is 12.0 Å². The van der Waals surface area contributed by atoms with E-state index in [2.05, 4.69) is 50.4 Å². The Morgan fingerprint density at radius 1 is 1.33 bits per heavy atom. The summed E-state index contributed by atoms with van der Waals surface area (Å²) >= 11 is 0. The molecule has 1 saturated heterocycles. The van der Waals surface area contributed by atoms with Gasteiger partial charge in [-0.05, 0) is 57.2 Å². The van der Waals surface area contributed by atoms with Crippen molar-refractivity contribution in [3.8, 4) is 0 Å². The first-order valence-electron chi connectivity index (χ1n) is 5.89. The molecule has 0 bridgehead atoms. The Labute approximate surface area is 92.9 Å². The fraction of sp³-hybridized carbons (Fsp3) is 0.571. The van der Waals surface area contributed by atoms with Crippen molar-refractivity contribution in [1.29, 1.82) is 0 Å². The van der Waals surface area contributed by atoms with Crippen LogP contribution in [-0.2, 0) is 6.42 Å². The van der Waals surface area contributed by atoms with Gasteiger partial charge in [0.15, 0.2) is 0 Å². The molecule has 1 aliphatic heterocycles. The van der Waals surface area contributed by atoms with Gasteiger partial charge < -0.3 is 5.32 Å². The van der Waals surface area contributed by atoms with Crippen molar-refractivity contribution in [1.82, 2.24) is 5.32 Å². The Kier molecular flexibility index (Phi) is 2.83. The summed E-state index contributed by atoms with van der Waals surface area (Å²) in [5, 5.41) is 3.59. The van der Waals surface area contributed by atoms with Crippen LogP contribution in [0.1, 0.15) is 31.4 Å². The Hall–Kier alpha value is -0.820. The van der Waals surface area contributed by atoms with E-state index in [-0.39, 0.29) is 0 Å². The first-order valence-corrected chi connectivity index (χ1v) is 5.89. The number of nitrogens with one attached hydrogen (secondary N) is 1. The van der Waals surface area contributed by atoms with Crippen LogP contribution in [-0.4, -0.2) is 12.1 Å². The Morgan fingerprint density at radius 3 is 2.67 bits per heavy atom. The summed E-state index contributed by atoms with van der Waals surface area (Å²) in [5.74, 6) is 0.776. The molecule has 82 valence electrons. The zero-order valence-electron chi connectivity index (χ0n) is 10.0. The maximum absolute atomic E-state index is 3.59. The first-order chi connectivity index (χ1) is 7.09. The van der Waals surface area contributed by atoms with Crippen LogP contribution in [0.3, 0.4) is 0 Å². The summed E-state index contributed by atoms with van der Waals surface area (Å²) in [6.45, 7) is 8.03. The molecule has 1 aromatic carbocycles. The quantitative estimate of drug-likeness (QED) is 0.779. The fourth-order valence-corrected chi connectivity index (χ4v) is 2.54. The van der Waals surface area contributed by atoms with Gasteiger partial charge in [-0.1, -0.05) is 24.3 Å². The SMILES string of the molecule is Cc1ccccc1CC1CCNC1(C)C. The van der Waals surface area contributed by atoms with Gasteiger partial charge in [-0.2, -0.15) is 0 Å². The molecule has 2 rings (SSSR count). The van der Waals surface area contributed by atoms with Gasteiger partial charge in [0.05, 0.1) is 0 Å². The average Bonchev–Trinajstić information content (AvgIpc) is 2.50. The van der Waals surface area contributed by atoms with Crippen molar-refractivity contribution >= 4 is 0 Å². The van der Waals surface area contributed by atoms with E-state index in [1.807, 2.05) is 0 Å². The number of aryl methyl sites for hydroxylation is 1. The van der Waals surface area contributed by atoms with Crippen LogP contribution < -0.4 is 5.32 Å². The second kappa shape index (κ2) is 3.97. The van der Waals surface area contributed by atoms with Crippen molar-refractivity contribution in [3.05, 3.63) is 35.4 Å². The van der Waals surface area contributed by atoms with Crippen LogP contribution in [0.5, 0.6) is 0 Å². The third kappa shape index (κ3) is 2.23. The standard InChI is InChI=1S/C14H21N/c1-11-6-4-5-7-12(11)10-13-8-9-15-14(13,2)3/h4-7,13,15H,8-10H2,1-3H3. The van der Waals surface area contributed by atoms with Gasteiger partial charge in [0.25, 0.3) is 0 Å². The van der Waals surface area contributed by atoms with Crippen LogP contribution in [0.25, 0.3) is 0 Å². The van der Waals surface area contributed by atoms with Crippen molar-refractivity contribution in [2.45, 2.75) is 39.2 Å². The summed E-state index contributed by atoms with van der Waals surface area (Å²) in [6, 6.07) is 8.75. The molecule has 1 aliphatic rings.